The summed E-state index contributed by atoms with van der Waals surface area (Å²) < 4.78 is 13.5. The summed E-state index contributed by atoms with van der Waals surface area (Å²) in [6.07, 6.45) is 3.21. The average molecular weight is 372 g/mol. The number of aromatic nitrogens is 2. The number of benzene rings is 1. The minimum atomic E-state index is -0.344. The van der Waals surface area contributed by atoms with Gasteiger partial charge in [0.1, 0.15) is 10.8 Å². The SMILES string of the molecule is CCCCc1nnc(NC(=O)Cc2ccc(F)c(Br)c2)s1. The van der Waals surface area contributed by atoms with Crippen LogP contribution in [0.2, 0.25) is 0 Å². The summed E-state index contributed by atoms with van der Waals surface area (Å²) in [5.41, 5.74) is 0.733. The summed E-state index contributed by atoms with van der Waals surface area (Å²) in [5, 5.41) is 12.1. The van der Waals surface area contributed by atoms with Gasteiger partial charge in [-0.3, -0.25) is 4.79 Å². The van der Waals surface area contributed by atoms with Crippen LogP contribution in [-0.2, 0) is 17.6 Å². The van der Waals surface area contributed by atoms with Crippen LogP contribution < -0.4 is 5.32 Å². The summed E-state index contributed by atoms with van der Waals surface area (Å²) in [6, 6.07) is 4.52. The van der Waals surface area contributed by atoms with Gasteiger partial charge in [-0.1, -0.05) is 30.7 Å². The van der Waals surface area contributed by atoms with Crippen molar-refractivity contribution in [3.63, 3.8) is 0 Å². The Kier molecular flexibility index (Phi) is 5.81. The predicted molar refractivity (Wildman–Crippen MR) is 85.0 cm³/mol. The molecule has 21 heavy (non-hydrogen) atoms. The lowest BCUT2D eigenvalue weighted by Crippen LogP contribution is -2.14. The molecular formula is C14H15BrFN3OS. The molecule has 2 aromatic rings. The maximum Gasteiger partial charge on any atom is 0.230 e. The standard InChI is InChI=1S/C14H15BrFN3OS/c1-2-3-4-13-18-19-14(21-13)17-12(20)8-9-5-6-11(16)10(15)7-9/h5-7H,2-4,8H2,1H3,(H,17,19,20). The maximum atomic E-state index is 13.1. The van der Waals surface area contributed by atoms with Crippen molar-refractivity contribution < 1.29 is 9.18 Å². The van der Waals surface area contributed by atoms with E-state index >= 15 is 0 Å². The predicted octanol–water partition coefficient (Wildman–Crippen LogP) is 3.96. The summed E-state index contributed by atoms with van der Waals surface area (Å²) in [4.78, 5) is 11.9. The molecule has 1 amide bonds. The number of carbonyl (C=O) groups is 1. The van der Waals surface area contributed by atoms with Crippen molar-refractivity contribution in [3.05, 3.63) is 39.1 Å². The van der Waals surface area contributed by atoms with Gasteiger partial charge >= 0.3 is 0 Å². The number of rotatable bonds is 6. The highest BCUT2D eigenvalue weighted by atomic mass is 79.9. The van der Waals surface area contributed by atoms with Crippen LogP contribution in [0.3, 0.4) is 0 Å². The highest BCUT2D eigenvalue weighted by Gasteiger charge is 2.10. The molecule has 1 aromatic carbocycles. The van der Waals surface area contributed by atoms with Gasteiger partial charge in [0.25, 0.3) is 0 Å². The minimum Gasteiger partial charge on any atom is -0.300 e. The molecule has 0 aliphatic heterocycles. The largest absolute Gasteiger partial charge is 0.300 e. The zero-order chi connectivity index (χ0) is 15.2. The topological polar surface area (TPSA) is 54.9 Å². The first-order chi connectivity index (χ1) is 10.1. The van der Waals surface area contributed by atoms with Gasteiger partial charge in [0.2, 0.25) is 11.0 Å². The first-order valence-corrected chi connectivity index (χ1v) is 8.25. The molecule has 1 aromatic heterocycles. The van der Waals surface area contributed by atoms with Crippen molar-refractivity contribution in [3.8, 4) is 0 Å². The lowest BCUT2D eigenvalue weighted by Gasteiger charge is -2.02. The van der Waals surface area contributed by atoms with Gasteiger partial charge < -0.3 is 5.32 Å². The number of nitrogens with zero attached hydrogens (tertiary/aromatic N) is 2. The molecule has 0 radical (unpaired) electrons. The molecule has 2 rings (SSSR count). The van der Waals surface area contributed by atoms with E-state index in [1.54, 1.807) is 12.1 Å². The van der Waals surface area contributed by atoms with E-state index in [-0.39, 0.29) is 18.1 Å². The van der Waals surface area contributed by atoms with E-state index in [0.29, 0.717) is 9.60 Å². The molecule has 7 heteroatoms. The highest BCUT2D eigenvalue weighted by molar-refractivity contribution is 9.10. The number of hydrogen-bond donors (Lipinski definition) is 1. The zero-order valence-electron chi connectivity index (χ0n) is 11.5. The molecule has 0 unspecified atom stereocenters. The highest BCUT2D eigenvalue weighted by Crippen LogP contribution is 2.19. The smallest absolute Gasteiger partial charge is 0.230 e. The van der Waals surface area contributed by atoms with Gasteiger partial charge in [-0.15, -0.1) is 10.2 Å². The second kappa shape index (κ2) is 7.61. The molecule has 0 saturated carbocycles. The minimum absolute atomic E-state index is 0.169. The van der Waals surface area contributed by atoms with Crippen LogP contribution in [0.15, 0.2) is 22.7 Å². The van der Waals surface area contributed by atoms with Gasteiger partial charge in [0, 0.05) is 6.42 Å². The molecule has 0 aliphatic rings. The Balaban J connectivity index is 1.91. The number of amides is 1. The lowest BCUT2D eigenvalue weighted by molar-refractivity contribution is -0.115. The van der Waals surface area contributed by atoms with Crippen molar-refractivity contribution >= 4 is 38.3 Å². The van der Waals surface area contributed by atoms with Crippen molar-refractivity contribution in [1.29, 1.82) is 0 Å². The van der Waals surface area contributed by atoms with E-state index in [0.717, 1.165) is 29.8 Å². The number of unbranched alkanes of at least 4 members (excludes halogenated alkanes) is 1. The van der Waals surface area contributed by atoms with Crippen molar-refractivity contribution in [1.82, 2.24) is 10.2 Å². The van der Waals surface area contributed by atoms with Crippen molar-refractivity contribution in [2.24, 2.45) is 0 Å². The fourth-order valence-electron chi connectivity index (χ4n) is 1.73. The summed E-state index contributed by atoms with van der Waals surface area (Å²) in [7, 11) is 0. The van der Waals surface area contributed by atoms with Gasteiger partial charge in [-0.2, -0.15) is 0 Å². The summed E-state index contributed by atoms with van der Waals surface area (Å²) >= 11 is 4.50. The zero-order valence-corrected chi connectivity index (χ0v) is 13.9. The van der Waals surface area contributed by atoms with Crippen LogP contribution in [0.4, 0.5) is 9.52 Å². The number of halogens is 2. The molecule has 112 valence electrons. The average Bonchev–Trinajstić information content (AvgIpc) is 2.88. The lowest BCUT2D eigenvalue weighted by atomic mass is 10.1. The Morgan fingerprint density at radius 3 is 2.95 bits per heavy atom. The summed E-state index contributed by atoms with van der Waals surface area (Å²) in [5.74, 6) is -0.532. The van der Waals surface area contributed by atoms with Crippen LogP contribution in [0.25, 0.3) is 0 Å². The fourth-order valence-corrected chi connectivity index (χ4v) is 2.96. The summed E-state index contributed by atoms with van der Waals surface area (Å²) in [6.45, 7) is 2.12. The number of hydrogen-bond acceptors (Lipinski definition) is 4. The van der Waals surface area contributed by atoms with E-state index in [9.17, 15) is 9.18 Å². The van der Waals surface area contributed by atoms with Crippen LogP contribution in [-0.4, -0.2) is 16.1 Å². The monoisotopic (exact) mass is 371 g/mol. The Bertz CT molecular complexity index is 632. The van der Waals surface area contributed by atoms with Crippen LogP contribution in [0.1, 0.15) is 30.3 Å². The Hall–Kier alpha value is -1.34. The normalized spacial score (nSPS) is 10.6. The second-order valence-corrected chi connectivity index (χ2v) is 6.49. The van der Waals surface area contributed by atoms with Crippen molar-refractivity contribution in [2.45, 2.75) is 32.6 Å². The molecule has 4 nitrogen and oxygen atoms in total. The molecular weight excluding hydrogens is 357 g/mol. The quantitative estimate of drug-likeness (QED) is 0.835. The molecule has 1 heterocycles. The Morgan fingerprint density at radius 1 is 1.43 bits per heavy atom. The van der Waals surface area contributed by atoms with Gasteiger partial charge in [0.05, 0.1) is 10.9 Å². The first kappa shape index (κ1) is 16.0. The van der Waals surface area contributed by atoms with E-state index in [1.165, 1.54) is 17.4 Å². The number of carbonyl (C=O) groups excluding carboxylic acids is 1. The molecule has 0 atom stereocenters. The third-order valence-electron chi connectivity index (χ3n) is 2.81. The maximum absolute atomic E-state index is 13.1. The molecule has 0 aliphatic carbocycles. The third kappa shape index (κ3) is 4.86. The van der Waals surface area contributed by atoms with E-state index in [2.05, 4.69) is 38.4 Å². The molecule has 0 spiro atoms. The molecule has 0 bridgehead atoms. The number of aryl methyl sites for hydroxylation is 1. The molecule has 1 N–H and O–H groups in total. The van der Waals surface area contributed by atoms with Crippen LogP contribution in [0.5, 0.6) is 0 Å². The van der Waals surface area contributed by atoms with Crippen LogP contribution in [0, 0.1) is 5.82 Å². The van der Waals surface area contributed by atoms with Crippen molar-refractivity contribution in [2.75, 3.05) is 5.32 Å². The van der Waals surface area contributed by atoms with E-state index < -0.39 is 0 Å². The fraction of sp³-hybridized carbons (Fsp3) is 0.357. The van der Waals surface area contributed by atoms with Gasteiger partial charge in [-0.25, -0.2) is 4.39 Å². The van der Waals surface area contributed by atoms with Gasteiger partial charge in [-0.05, 0) is 40.0 Å². The van der Waals surface area contributed by atoms with E-state index in [1.807, 2.05) is 0 Å². The van der Waals surface area contributed by atoms with Gasteiger partial charge in [0.15, 0.2) is 0 Å². The Morgan fingerprint density at radius 2 is 2.24 bits per heavy atom. The number of nitrogens with one attached hydrogen (secondary N) is 1. The third-order valence-corrected chi connectivity index (χ3v) is 4.31. The second-order valence-electron chi connectivity index (χ2n) is 4.58. The van der Waals surface area contributed by atoms with Crippen LogP contribution >= 0.6 is 27.3 Å². The Labute approximate surface area is 134 Å². The number of anilines is 1. The first-order valence-electron chi connectivity index (χ1n) is 6.64. The molecule has 0 fully saturated rings. The van der Waals surface area contributed by atoms with E-state index in [4.69, 9.17) is 0 Å². The molecule has 0 saturated heterocycles.